The van der Waals surface area contributed by atoms with Gasteiger partial charge in [-0.1, -0.05) is 6.07 Å². The molecule has 2 N–H and O–H groups in total. The molecule has 0 radical (unpaired) electrons. The van der Waals surface area contributed by atoms with Crippen LogP contribution in [0.1, 0.15) is 16.8 Å². The summed E-state index contributed by atoms with van der Waals surface area (Å²) in [6.45, 7) is 4.49. The number of aryl methyl sites for hydroxylation is 2. The number of hydrogen-bond donors (Lipinski definition) is 1. The minimum Gasteiger partial charge on any atom is -0.436 e. The lowest BCUT2D eigenvalue weighted by Gasteiger charge is -1.98. The van der Waals surface area contributed by atoms with Crippen LogP contribution in [0.3, 0.4) is 0 Å². The number of benzene rings is 1. The van der Waals surface area contributed by atoms with Gasteiger partial charge < -0.3 is 10.2 Å². The fraction of sp³-hybridized carbons (Fsp3) is 0.200. The molecule has 0 unspecified atom stereocenters. The van der Waals surface area contributed by atoms with E-state index in [0.29, 0.717) is 12.4 Å². The Morgan fingerprint density at radius 2 is 2.05 bits per heavy atom. The molecule has 0 aliphatic carbocycles. The highest BCUT2D eigenvalue weighted by molar-refractivity contribution is 5.80. The normalized spacial score (nSPS) is 11.1. The van der Waals surface area contributed by atoms with E-state index in [9.17, 15) is 0 Å². The molecule has 2 aromatic heterocycles. The van der Waals surface area contributed by atoms with Crippen molar-refractivity contribution in [3.8, 4) is 11.5 Å². The van der Waals surface area contributed by atoms with E-state index in [2.05, 4.69) is 23.0 Å². The SMILES string of the molecule is Cc1cc(C)c2oc(-c3ccnc(CN)c3)nc2c1. The lowest BCUT2D eigenvalue weighted by Crippen LogP contribution is -1.98. The zero-order chi connectivity index (χ0) is 13.4. The molecule has 0 saturated heterocycles. The van der Waals surface area contributed by atoms with Crippen molar-refractivity contribution < 1.29 is 4.42 Å². The summed E-state index contributed by atoms with van der Waals surface area (Å²) in [5, 5.41) is 0. The zero-order valence-electron chi connectivity index (χ0n) is 11.0. The third-order valence-corrected chi connectivity index (χ3v) is 3.09. The molecule has 0 aliphatic heterocycles. The van der Waals surface area contributed by atoms with Crippen molar-refractivity contribution in [2.45, 2.75) is 20.4 Å². The fourth-order valence-corrected chi connectivity index (χ4v) is 2.22. The molecule has 3 aromatic rings. The maximum Gasteiger partial charge on any atom is 0.227 e. The van der Waals surface area contributed by atoms with E-state index in [4.69, 9.17) is 10.2 Å². The molecule has 3 rings (SSSR count). The van der Waals surface area contributed by atoms with E-state index in [0.717, 1.165) is 27.9 Å². The van der Waals surface area contributed by atoms with Crippen molar-refractivity contribution >= 4 is 11.1 Å². The summed E-state index contributed by atoms with van der Waals surface area (Å²) < 4.78 is 5.86. The quantitative estimate of drug-likeness (QED) is 0.762. The van der Waals surface area contributed by atoms with Gasteiger partial charge in [0.25, 0.3) is 0 Å². The van der Waals surface area contributed by atoms with Crippen LogP contribution < -0.4 is 5.73 Å². The molecule has 0 amide bonds. The number of fused-ring (bicyclic) bond motifs is 1. The monoisotopic (exact) mass is 253 g/mol. The average molecular weight is 253 g/mol. The molecule has 0 atom stereocenters. The summed E-state index contributed by atoms with van der Waals surface area (Å²) in [7, 11) is 0. The van der Waals surface area contributed by atoms with Crippen molar-refractivity contribution in [2.24, 2.45) is 5.73 Å². The first-order chi connectivity index (χ1) is 9.17. The average Bonchev–Trinajstić information content (AvgIpc) is 2.83. The largest absolute Gasteiger partial charge is 0.436 e. The van der Waals surface area contributed by atoms with E-state index in [1.807, 2.05) is 25.1 Å². The smallest absolute Gasteiger partial charge is 0.227 e. The highest BCUT2D eigenvalue weighted by Crippen LogP contribution is 2.27. The third-order valence-electron chi connectivity index (χ3n) is 3.09. The van der Waals surface area contributed by atoms with Crippen molar-refractivity contribution in [3.05, 3.63) is 47.3 Å². The summed E-state index contributed by atoms with van der Waals surface area (Å²) in [5.41, 5.74) is 11.3. The molecule has 0 saturated carbocycles. The maximum absolute atomic E-state index is 5.86. The van der Waals surface area contributed by atoms with E-state index in [-0.39, 0.29) is 0 Å². The van der Waals surface area contributed by atoms with Gasteiger partial charge in [0, 0.05) is 18.3 Å². The molecule has 19 heavy (non-hydrogen) atoms. The number of aromatic nitrogens is 2. The van der Waals surface area contributed by atoms with E-state index in [1.165, 1.54) is 5.56 Å². The molecule has 0 bridgehead atoms. The summed E-state index contributed by atoms with van der Waals surface area (Å²) >= 11 is 0. The van der Waals surface area contributed by atoms with E-state index in [1.54, 1.807) is 6.20 Å². The third kappa shape index (κ3) is 2.11. The Bertz CT molecular complexity index is 746. The van der Waals surface area contributed by atoms with Crippen LogP contribution in [-0.4, -0.2) is 9.97 Å². The molecule has 0 spiro atoms. The zero-order valence-corrected chi connectivity index (χ0v) is 11.0. The number of nitrogens with zero attached hydrogens (tertiary/aromatic N) is 2. The highest BCUT2D eigenvalue weighted by atomic mass is 16.3. The van der Waals surface area contributed by atoms with Crippen LogP contribution in [-0.2, 0) is 6.54 Å². The van der Waals surface area contributed by atoms with Gasteiger partial charge in [-0.05, 0) is 43.2 Å². The van der Waals surface area contributed by atoms with Gasteiger partial charge in [0.15, 0.2) is 5.58 Å². The molecule has 4 heteroatoms. The van der Waals surface area contributed by atoms with Crippen molar-refractivity contribution in [1.82, 2.24) is 9.97 Å². The molecular formula is C15H15N3O. The number of hydrogen-bond acceptors (Lipinski definition) is 4. The Balaban J connectivity index is 2.17. The summed E-state index contributed by atoms with van der Waals surface area (Å²) in [6.07, 6.45) is 1.73. The maximum atomic E-state index is 5.86. The van der Waals surface area contributed by atoms with Gasteiger partial charge in [0.2, 0.25) is 5.89 Å². The lowest BCUT2D eigenvalue weighted by atomic mass is 10.1. The standard InChI is InChI=1S/C15H15N3O/c1-9-5-10(2)14-13(6-9)18-15(19-14)11-3-4-17-12(7-11)8-16/h3-7H,8,16H2,1-2H3. The van der Waals surface area contributed by atoms with Crippen LogP contribution in [0.4, 0.5) is 0 Å². The van der Waals surface area contributed by atoms with Crippen LogP contribution in [0.5, 0.6) is 0 Å². The summed E-state index contributed by atoms with van der Waals surface area (Å²) in [4.78, 5) is 8.72. The van der Waals surface area contributed by atoms with Crippen LogP contribution in [0, 0.1) is 13.8 Å². The first-order valence-corrected chi connectivity index (χ1v) is 6.20. The molecule has 0 aliphatic rings. The van der Waals surface area contributed by atoms with Crippen LogP contribution in [0.15, 0.2) is 34.9 Å². The van der Waals surface area contributed by atoms with E-state index < -0.39 is 0 Å². The lowest BCUT2D eigenvalue weighted by molar-refractivity contribution is 0.617. The molecule has 1 aromatic carbocycles. The first kappa shape index (κ1) is 11.9. The summed E-state index contributed by atoms with van der Waals surface area (Å²) in [5.74, 6) is 0.612. The molecule has 96 valence electrons. The fourth-order valence-electron chi connectivity index (χ4n) is 2.22. The highest BCUT2D eigenvalue weighted by Gasteiger charge is 2.11. The van der Waals surface area contributed by atoms with Crippen LogP contribution in [0.2, 0.25) is 0 Å². The van der Waals surface area contributed by atoms with Gasteiger partial charge in [0.05, 0.1) is 5.69 Å². The van der Waals surface area contributed by atoms with Crippen molar-refractivity contribution in [3.63, 3.8) is 0 Å². The molecule has 0 fully saturated rings. The minimum absolute atomic E-state index is 0.409. The van der Waals surface area contributed by atoms with Gasteiger partial charge in [-0.15, -0.1) is 0 Å². The molecule has 2 heterocycles. The van der Waals surface area contributed by atoms with E-state index >= 15 is 0 Å². The number of nitrogens with two attached hydrogens (primary N) is 1. The van der Waals surface area contributed by atoms with Gasteiger partial charge in [-0.25, -0.2) is 4.98 Å². The predicted octanol–water partition coefficient (Wildman–Crippen LogP) is 2.97. The van der Waals surface area contributed by atoms with Crippen LogP contribution in [0.25, 0.3) is 22.6 Å². The number of oxazole rings is 1. The molecular weight excluding hydrogens is 238 g/mol. The van der Waals surface area contributed by atoms with Gasteiger partial charge in [-0.2, -0.15) is 0 Å². The topological polar surface area (TPSA) is 64.9 Å². The predicted molar refractivity (Wildman–Crippen MR) is 74.6 cm³/mol. The second kappa shape index (κ2) is 4.48. The Morgan fingerprint density at radius 1 is 1.21 bits per heavy atom. The second-order valence-electron chi connectivity index (χ2n) is 4.69. The number of pyridine rings is 1. The summed E-state index contributed by atoms with van der Waals surface area (Å²) in [6, 6.07) is 7.91. The Hall–Kier alpha value is -2.20. The second-order valence-corrected chi connectivity index (χ2v) is 4.69. The van der Waals surface area contributed by atoms with Crippen molar-refractivity contribution in [2.75, 3.05) is 0 Å². The Morgan fingerprint density at radius 3 is 2.84 bits per heavy atom. The van der Waals surface area contributed by atoms with Gasteiger partial charge in [-0.3, -0.25) is 4.98 Å². The van der Waals surface area contributed by atoms with Crippen LogP contribution >= 0.6 is 0 Å². The first-order valence-electron chi connectivity index (χ1n) is 6.20. The van der Waals surface area contributed by atoms with Gasteiger partial charge in [0.1, 0.15) is 5.52 Å². The number of rotatable bonds is 2. The Labute approximate surface area is 111 Å². The molecule has 4 nitrogen and oxygen atoms in total. The van der Waals surface area contributed by atoms with Crippen molar-refractivity contribution in [1.29, 1.82) is 0 Å². The minimum atomic E-state index is 0.409. The Kier molecular flexibility index (Phi) is 2.80. The van der Waals surface area contributed by atoms with Gasteiger partial charge >= 0.3 is 0 Å².